The molecule has 1 N–H and O–H groups in total. The first-order valence-corrected chi connectivity index (χ1v) is 12.0. The number of benzene rings is 2. The van der Waals surface area contributed by atoms with Gasteiger partial charge in [0.05, 0.1) is 18.1 Å². The van der Waals surface area contributed by atoms with Crippen molar-refractivity contribution in [2.24, 2.45) is 5.92 Å². The standard InChI is InChI=1S/C24H30N2O4S/c1-17-10-11-24(31(27,28)29)20(13-17)14-18(2)22-9-4-5-12-26(22)23(16-25)19-7-6-8-21(15-19)30-3/h6-8,10-11,13,15,18,22-23H,4-5,9,12,14H2,1-3H3,(H,27,28,29). The normalized spacial score (nSPS) is 19.4. The van der Waals surface area contributed by atoms with Gasteiger partial charge < -0.3 is 4.74 Å². The summed E-state index contributed by atoms with van der Waals surface area (Å²) in [4.78, 5) is 2.21. The molecule has 31 heavy (non-hydrogen) atoms. The molecule has 0 radical (unpaired) electrons. The number of hydrogen-bond acceptors (Lipinski definition) is 5. The summed E-state index contributed by atoms with van der Waals surface area (Å²) in [6, 6.07) is 14.8. The summed E-state index contributed by atoms with van der Waals surface area (Å²) in [5, 5.41) is 10.0. The zero-order chi connectivity index (χ0) is 22.6. The van der Waals surface area contributed by atoms with Crippen LogP contribution >= 0.6 is 0 Å². The summed E-state index contributed by atoms with van der Waals surface area (Å²) in [7, 11) is -2.68. The van der Waals surface area contributed by atoms with Crippen molar-refractivity contribution in [3.05, 3.63) is 59.2 Å². The highest BCUT2D eigenvalue weighted by Crippen LogP contribution is 2.34. The number of likely N-dealkylation sites (tertiary alicyclic amines) is 1. The van der Waals surface area contributed by atoms with E-state index in [1.54, 1.807) is 13.2 Å². The van der Waals surface area contributed by atoms with E-state index in [0.29, 0.717) is 12.0 Å². The van der Waals surface area contributed by atoms with Gasteiger partial charge in [-0.3, -0.25) is 9.45 Å². The molecule has 3 atom stereocenters. The van der Waals surface area contributed by atoms with Gasteiger partial charge in [0.25, 0.3) is 10.1 Å². The highest BCUT2D eigenvalue weighted by atomic mass is 32.2. The molecule has 0 aliphatic carbocycles. The second-order valence-corrected chi connectivity index (χ2v) is 9.77. The van der Waals surface area contributed by atoms with Crippen LogP contribution < -0.4 is 4.74 Å². The van der Waals surface area contributed by atoms with Crippen molar-refractivity contribution in [1.82, 2.24) is 4.90 Å². The molecule has 166 valence electrons. The Labute approximate surface area is 185 Å². The van der Waals surface area contributed by atoms with E-state index in [9.17, 15) is 18.2 Å². The fraction of sp³-hybridized carbons (Fsp3) is 0.458. The number of nitrogens with zero attached hydrogens (tertiary/aromatic N) is 2. The number of rotatable bonds is 7. The first-order valence-electron chi connectivity index (χ1n) is 10.6. The van der Waals surface area contributed by atoms with Crippen LogP contribution in [0.2, 0.25) is 0 Å². The first-order chi connectivity index (χ1) is 14.7. The Hall–Kier alpha value is -2.40. The van der Waals surface area contributed by atoms with Crippen LogP contribution in [0.25, 0.3) is 0 Å². The molecule has 0 aromatic heterocycles. The smallest absolute Gasteiger partial charge is 0.294 e. The molecule has 7 heteroatoms. The average molecular weight is 443 g/mol. The Morgan fingerprint density at radius 1 is 1.26 bits per heavy atom. The van der Waals surface area contributed by atoms with Crippen LogP contribution in [-0.2, 0) is 16.5 Å². The average Bonchev–Trinajstić information content (AvgIpc) is 2.74. The van der Waals surface area contributed by atoms with Gasteiger partial charge in [-0.2, -0.15) is 13.7 Å². The Bertz CT molecular complexity index is 1060. The van der Waals surface area contributed by atoms with E-state index in [-0.39, 0.29) is 16.9 Å². The van der Waals surface area contributed by atoms with Gasteiger partial charge >= 0.3 is 0 Å². The van der Waals surface area contributed by atoms with Gasteiger partial charge in [-0.15, -0.1) is 0 Å². The molecule has 1 saturated heterocycles. The van der Waals surface area contributed by atoms with Crippen molar-refractivity contribution in [2.75, 3.05) is 13.7 Å². The summed E-state index contributed by atoms with van der Waals surface area (Å²) in [6.45, 7) is 4.81. The molecule has 0 amide bonds. The zero-order valence-corrected chi connectivity index (χ0v) is 19.1. The van der Waals surface area contributed by atoms with Crippen molar-refractivity contribution in [3.63, 3.8) is 0 Å². The monoisotopic (exact) mass is 442 g/mol. The number of hydrogen-bond donors (Lipinski definition) is 1. The highest BCUT2D eigenvalue weighted by molar-refractivity contribution is 7.85. The molecule has 1 aliphatic heterocycles. The lowest BCUT2D eigenvalue weighted by molar-refractivity contribution is 0.0813. The first kappa shape index (κ1) is 23.3. The van der Waals surface area contributed by atoms with Gasteiger partial charge in [0, 0.05) is 12.6 Å². The topological polar surface area (TPSA) is 90.6 Å². The van der Waals surface area contributed by atoms with Gasteiger partial charge in [0.15, 0.2) is 0 Å². The van der Waals surface area contributed by atoms with Crippen LogP contribution in [0.3, 0.4) is 0 Å². The third-order valence-electron chi connectivity index (χ3n) is 6.15. The second-order valence-electron chi connectivity index (χ2n) is 8.38. The number of aryl methyl sites for hydroxylation is 1. The van der Waals surface area contributed by atoms with Crippen LogP contribution in [0.15, 0.2) is 47.4 Å². The van der Waals surface area contributed by atoms with Gasteiger partial charge in [-0.1, -0.05) is 43.2 Å². The summed E-state index contributed by atoms with van der Waals surface area (Å²) in [5.74, 6) is 0.820. The predicted molar refractivity (Wildman–Crippen MR) is 120 cm³/mol. The van der Waals surface area contributed by atoms with Gasteiger partial charge in [0.1, 0.15) is 11.8 Å². The molecule has 0 spiro atoms. The maximum absolute atomic E-state index is 11.9. The Morgan fingerprint density at radius 3 is 2.71 bits per heavy atom. The number of methoxy groups -OCH3 is 1. The summed E-state index contributed by atoms with van der Waals surface area (Å²) < 4.78 is 38.8. The van der Waals surface area contributed by atoms with E-state index in [0.717, 1.165) is 42.7 Å². The summed E-state index contributed by atoms with van der Waals surface area (Å²) >= 11 is 0. The molecule has 0 saturated carbocycles. The van der Waals surface area contributed by atoms with Crippen LogP contribution in [0.1, 0.15) is 48.9 Å². The molecule has 1 heterocycles. The second kappa shape index (κ2) is 9.82. The third-order valence-corrected chi connectivity index (χ3v) is 7.10. The highest BCUT2D eigenvalue weighted by Gasteiger charge is 2.34. The molecule has 1 fully saturated rings. The van der Waals surface area contributed by atoms with Gasteiger partial charge in [0.2, 0.25) is 0 Å². The zero-order valence-electron chi connectivity index (χ0n) is 18.3. The van der Waals surface area contributed by atoms with E-state index in [1.165, 1.54) is 6.07 Å². The van der Waals surface area contributed by atoms with E-state index in [2.05, 4.69) is 17.9 Å². The fourth-order valence-electron chi connectivity index (χ4n) is 4.67. The Balaban J connectivity index is 1.90. The molecular formula is C24H30N2O4S. The lowest BCUT2D eigenvalue weighted by Crippen LogP contribution is -2.45. The molecule has 2 aromatic carbocycles. The minimum Gasteiger partial charge on any atom is -0.497 e. The predicted octanol–water partition coefficient (Wildman–Crippen LogP) is 4.55. The molecule has 1 aliphatic rings. The van der Waals surface area contributed by atoms with Crippen LogP contribution in [-0.4, -0.2) is 37.6 Å². The van der Waals surface area contributed by atoms with Crippen molar-refractivity contribution in [3.8, 4) is 11.8 Å². The Kier molecular flexibility index (Phi) is 7.37. The molecule has 3 rings (SSSR count). The SMILES string of the molecule is COc1cccc(C(C#N)N2CCCCC2C(C)Cc2cc(C)ccc2S(=O)(=O)O)c1. The molecule has 6 nitrogen and oxygen atoms in total. The molecule has 2 aromatic rings. The van der Waals surface area contributed by atoms with Gasteiger partial charge in [-0.05, 0) is 61.4 Å². The number of nitriles is 1. The van der Waals surface area contributed by atoms with E-state index < -0.39 is 16.2 Å². The fourth-order valence-corrected chi connectivity index (χ4v) is 5.38. The van der Waals surface area contributed by atoms with Crippen LogP contribution in [0.5, 0.6) is 5.75 Å². The summed E-state index contributed by atoms with van der Waals surface area (Å²) in [5.41, 5.74) is 2.46. The largest absolute Gasteiger partial charge is 0.497 e. The minimum absolute atomic E-state index is 0.0306. The van der Waals surface area contributed by atoms with Crippen molar-refractivity contribution in [1.29, 1.82) is 5.26 Å². The maximum atomic E-state index is 11.9. The number of ether oxygens (including phenoxy) is 1. The van der Waals surface area contributed by atoms with E-state index in [1.807, 2.05) is 37.3 Å². The number of piperidine rings is 1. The molecular weight excluding hydrogens is 412 g/mol. The van der Waals surface area contributed by atoms with Gasteiger partial charge in [-0.25, -0.2) is 0 Å². The molecule has 0 bridgehead atoms. The molecule has 3 unspecified atom stereocenters. The van der Waals surface area contributed by atoms with E-state index >= 15 is 0 Å². The van der Waals surface area contributed by atoms with E-state index in [4.69, 9.17) is 4.74 Å². The maximum Gasteiger partial charge on any atom is 0.294 e. The quantitative estimate of drug-likeness (QED) is 0.633. The van der Waals surface area contributed by atoms with Crippen LogP contribution in [0, 0.1) is 24.2 Å². The van der Waals surface area contributed by atoms with Crippen molar-refractivity contribution < 1.29 is 17.7 Å². The Morgan fingerprint density at radius 2 is 2.03 bits per heavy atom. The third kappa shape index (κ3) is 5.45. The lowest BCUT2D eigenvalue weighted by atomic mass is 9.85. The van der Waals surface area contributed by atoms with Crippen molar-refractivity contribution in [2.45, 2.75) is 56.5 Å². The lowest BCUT2D eigenvalue weighted by Gasteiger charge is -2.42. The summed E-state index contributed by atoms with van der Waals surface area (Å²) in [6.07, 6.45) is 3.54. The van der Waals surface area contributed by atoms with Crippen LogP contribution in [0.4, 0.5) is 0 Å². The van der Waals surface area contributed by atoms with Crippen molar-refractivity contribution >= 4 is 10.1 Å². The minimum atomic E-state index is -4.29.